The number of hydrogen-bond acceptors (Lipinski definition) is 4. The van der Waals surface area contributed by atoms with Crippen LogP contribution >= 0.6 is 12.4 Å². The van der Waals surface area contributed by atoms with Crippen LogP contribution in [0.3, 0.4) is 0 Å². The predicted octanol–water partition coefficient (Wildman–Crippen LogP) is 2.56. The number of rotatable bonds is 3. The summed E-state index contributed by atoms with van der Waals surface area (Å²) in [4.78, 5) is 2.42. The van der Waals surface area contributed by atoms with Crippen LogP contribution < -0.4 is 5.32 Å². The van der Waals surface area contributed by atoms with Crippen molar-refractivity contribution in [2.75, 3.05) is 26.2 Å². The third-order valence-electron chi connectivity index (χ3n) is 3.44. The maximum Gasteiger partial charge on any atom is 0.167 e. The van der Waals surface area contributed by atoms with Gasteiger partial charge in [-0.25, -0.2) is 0 Å². The maximum atomic E-state index is 5.43. The number of nitrogens with one attached hydrogen (secondary N) is 1. The van der Waals surface area contributed by atoms with Crippen LogP contribution in [0.25, 0.3) is 11.3 Å². The van der Waals surface area contributed by atoms with Crippen LogP contribution in [0.4, 0.5) is 0 Å². The van der Waals surface area contributed by atoms with Crippen molar-refractivity contribution < 1.29 is 4.52 Å². The number of hydrogen-bond donors (Lipinski definition) is 1. The highest BCUT2D eigenvalue weighted by atomic mass is 35.5. The van der Waals surface area contributed by atoms with Gasteiger partial charge in [0.1, 0.15) is 0 Å². The van der Waals surface area contributed by atoms with Crippen LogP contribution in [-0.2, 0) is 6.54 Å². The van der Waals surface area contributed by atoms with Crippen molar-refractivity contribution in [2.45, 2.75) is 13.0 Å². The van der Waals surface area contributed by atoms with Crippen LogP contribution in [0, 0.1) is 0 Å². The molecule has 0 aliphatic carbocycles. The Morgan fingerprint density at radius 1 is 1.15 bits per heavy atom. The van der Waals surface area contributed by atoms with E-state index >= 15 is 0 Å². The van der Waals surface area contributed by atoms with Crippen molar-refractivity contribution in [3.05, 3.63) is 42.1 Å². The summed E-state index contributed by atoms with van der Waals surface area (Å²) in [6, 6.07) is 12.2. The van der Waals surface area contributed by atoms with Crippen molar-refractivity contribution in [3.8, 4) is 11.3 Å². The first-order valence-electron chi connectivity index (χ1n) is 6.86. The molecule has 108 valence electrons. The molecule has 2 aromatic rings. The lowest BCUT2D eigenvalue weighted by Gasteiger charge is -2.17. The van der Waals surface area contributed by atoms with E-state index in [1.54, 1.807) is 0 Å². The molecule has 0 atom stereocenters. The summed E-state index contributed by atoms with van der Waals surface area (Å²) in [5, 5.41) is 7.59. The first-order chi connectivity index (χ1) is 9.42. The van der Waals surface area contributed by atoms with Crippen LogP contribution in [-0.4, -0.2) is 36.2 Å². The molecule has 0 spiro atoms. The second kappa shape index (κ2) is 7.43. The molecule has 4 nitrogen and oxygen atoms in total. The highest BCUT2D eigenvalue weighted by Crippen LogP contribution is 2.20. The fourth-order valence-electron chi connectivity index (χ4n) is 2.41. The first-order valence-corrected chi connectivity index (χ1v) is 6.86. The summed E-state index contributed by atoms with van der Waals surface area (Å²) < 4.78 is 5.43. The maximum absolute atomic E-state index is 5.43. The van der Waals surface area contributed by atoms with Crippen molar-refractivity contribution in [1.82, 2.24) is 15.4 Å². The molecule has 1 aliphatic rings. The minimum atomic E-state index is 0. The minimum Gasteiger partial charge on any atom is -0.356 e. The Morgan fingerprint density at radius 3 is 2.85 bits per heavy atom. The van der Waals surface area contributed by atoms with Gasteiger partial charge in [0.05, 0.1) is 5.69 Å². The van der Waals surface area contributed by atoms with Gasteiger partial charge in [0.15, 0.2) is 5.76 Å². The van der Waals surface area contributed by atoms with Gasteiger partial charge in [-0.05, 0) is 19.5 Å². The highest BCUT2D eigenvalue weighted by Gasteiger charge is 2.12. The van der Waals surface area contributed by atoms with Crippen molar-refractivity contribution in [3.63, 3.8) is 0 Å². The zero-order valence-corrected chi connectivity index (χ0v) is 12.2. The quantitative estimate of drug-likeness (QED) is 0.944. The summed E-state index contributed by atoms with van der Waals surface area (Å²) in [5.41, 5.74) is 2.10. The molecule has 0 saturated carbocycles. The summed E-state index contributed by atoms with van der Waals surface area (Å²) in [5.74, 6) is 0.851. The standard InChI is InChI=1S/C15H19N3O.ClH/c1-2-5-13(6-3-1)15-11-14(17-19-15)12-18-9-4-7-16-8-10-18;/h1-3,5-6,11,16H,4,7-10,12H2;1H. The van der Waals surface area contributed by atoms with Gasteiger partial charge < -0.3 is 9.84 Å². The number of benzene rings is 1. The predicted molar refractivity (Wildman–Crippen MR) is 82.0 cm³/mol. The summed E-state index contributed by atoms with van der Waals surface area (Å²) in [6.45, 7) is 5.25. The van der Waals surface area contributed by atoms with E-state index in [9.17, 15) is 0 Å². The molecule has 1 aromatic heterocycles. The third-order valence-corrected chi connectivity index (χ3v) is 3.44. The third kappa shape index (κ3) is 3.82. The van der Waals surface area contributed by atoms with Gasteiger partial charge in [-0.15, -0.1) is 12.4 Å². The largest absolute Gasteiger partial charge is 0.356 e. The Hall–Kier alpha value is -1.36. The summed E-state index contributed by atoms with van der Waals surface area (Å²) >= 11 is 0. The minimum absolute atomic E-state index is 0. The molecule has 1 fully saturated rings. The number of aromatic nitrogens is 1. The summed E-state index contributed by atoms with van der Waals surface area (Å²) in [6.07, 6.45) is 1.20. The molecule has 5 heteroatoms. The molecule has 0 amide bonds. The van der Waals surface area contributed by atoms with E-state index in [4.69, 9.17) is 4.52 Å². The smallest absolute Gasteiger partial charge is 0.167 e. The zero-order valence-electron chi connectivity index (χ0n) is 11.4. The topological polar surface area (TPSA) is 41.3 Å². The van der Waals surface area contributed by atoms with Crippen molar-refractivity contribution in [2.24, 2.45) is 0 Å². The normalized spacial score (nSPS) is 16.4. The van der Waals surface area contributed by atoms with E-state index in [0.29, 0.717) is 0 Å². The van der Waals surface area contributed by atoms with Gasteiger partial charge in [0.2, 0.25) is 0 Å². The van der Waals surface area contributed by atoms with E-state index in [-0.39, 0.29) is 12.4 Å². The zero-order chi connectivity index (χ0) is 12.9. The van der Waals surface area contributed by atoms with E-state index in [0.717, 1.165) is 49.7 Å². The molecule has 1 aliphatic heterocycles. The van der Waals surface area contributed by atoms with Crippen LogP contribution in [0.1, 0.15) is 12.1 Å². The van der Waals surface area contributed by atoms with Gasteiger partial charge in [-0.1, -0.05) is 35.5 Å². The molecule has 0 radical (unpaired) electrons. The van der Waals surface area contributed by atoms with E-state index in [1.807, 2.05) is 36.4 Å². The average molecular weight is 294 g/mol. The molecule has 1 aromatic carbocycles. The molecule has 20 heavy (non-hydrogen) atoms. The lowest BCUT2D eigenvalue weighted by molar-refractivity contribution is 0.274. The molecule has 1 N–H and O–H groups in total. The van der Waals surface area contributed by atoms with Gasteiger partial charge in [-0.2, -0.15) is 0 Å². The first kappa shape index (κ1) is 15.0. The van der Waals surface area contributed by atoms with Gasteiger partial charge in [0, 0.05) is 31.3 Å². The molecule has 0 bridgehead atoms. The lowest BCUT2D eigenvalue weighted by atomic mass is 10.1. The second-order valence-electron chi connectivity index (χ2n) is 4.93. The highest BCUT2D eigenvalue weighted by molar-refractivity contribution is 5.85. The van der Waals surface area contributed by atoms with Crippen molar-refractivity contribution >= 4 is 12.4 Å². The fraction of sp³-hybridized carbons (Fsp3) is 0.400. The van der Waals surface area contributed by atoms with E-state index in [1.165, 1.54) is 6.42 Å². The average Bonchev–Trinajstić information content (AvgIpc) is 2.76. The Morgan fingerprint density at radius 2 is 2.00 bits per heavy atom. The monoisotopic (exact) mass is 293 g/mol. The molecule has 3 rings (SSSR count). The molecule has 2 heterocycles. The molecular formula is C15H20ClN3O. The Balaban J connectivity index is 0.00000147. The van der Waals surface area contributed by atoms with Gasteiger partial charge in [0.25, 0.3) is 0 Å². The Bertz CT molecular complexity index is 507. The van der Waals surface area contributed by atoms with Crippen molar-refractivity contribution in [1.29, 1.82) is 0 Å². The number of halogens is 1. The molecule has 1 saturated heterocycles. The Kier molecular flexibility index (Phi) is 5.59. The Labute approximate surface area is 125 Å². The lowest BCUT2D eigenvalue weighted by Crippen LogP contribution is -2.27. The molecular weight excluding hydrogens is 274 g/mol. The van der Waals surface area contributed by atoms with E-state index in [2.05, 4.69) is 15.4 Å². The van der Waals surface area contributed by atoms with Crippen LogP contribution in [0.5, 0.6) is 0 Å². The summed E-state index contributed by atoms with van der Waals surface area (Å²) in [7, 11) is 0. The second-order valence-corrected chi connectivity index (χ2v) is 4.93. The SMILES string of the molecule is Cl.c1ccc(-c2cc(CN3CCCNCC3)no2)cc1. The molecule has 0 unspecified atom stereocenters. The number of nitrogens with zero attached hydrogens (tertiary/aromatic N) is 2. The van der Waals surface area contributed by atoms with Gasteiger partial charge >= 0.3 is 0 Å². The fourth-order valence-corrected chi connectivity index (χ4v) is 2.41. The van der Waals surface area contributed by atoms with Gasteiger partial charge in [-0.3, -0.25) is 4.90 Å². The van der Waals surface area contributed by atoms with Crippen LogP contribution in [0.15, 0.2) is 40.9 Å². The van der Waals surface area contributed by atoms with Crippen LogP contribution in [0.2, 0.25) is 0 Å². The van der Waals surface area contributed by atoms with E-state index < -0.39 is 0 Å².